The van der Waals surface area contributed by atoms with Crippen molar-refractivity contribution < 1.29 is 9.53 Å². The summed E-state index contributed by atoms with van der Waals surface area (Å²) in [6, 6.07) is 11.9. The van der Waals surface area contributed by atoms with E-state index in [2.05, 4.69) is 30.8 Å². The molecule has 0 unspecified atom stereocenters. The zero-order chi connectivity index (χ0) is 20.2. The Morgan fingerprint density at radius 2 is 1.90 bits per heavy atom. The first-order valence-electron chi connectivity index (χ1n) is 9.38. The van der Waals surface area contributed by atoms with Gasteiger partial charge in [0, 0.05) is 42.2 Å². The number of aromatic nitrogens is 2. The number of pyridine rings is 1. The number of carbonyl (C=O) groups excluding carboxylic acids is 1. The minimum absolute atomic E-state index is 0.0220. The third kappa shape index (κ3) is 4.94. The first kappa shape index (κ1) is 19.8. The molecule has 4 rings (SSSR count). The number of hydrogen-bond donors (Lipinski definition) is 0. The molecule has 0 saturated carbocycles. The van der Waals surface area contributed by atoms with Crippen LogP contribution in [0, 0.1) is 6.92 Å². The Kier molecular flexibility index (Phi) is 6.10. The summed E-state index contributed by atoms with van der Waals surface area (Å²) in [5.74, 6) is 1.71. The van der Waals surface area contributed by atoms with Gasteiger partial charge >= 0.3 is 0 Å². The number of thiazole rings is 1. The van der Waals surface area contributed by atoms with E-state index >= 15 is 0 Å². The fourth-order valence-corrected chi connectivity index (χ4v) is 4.02. The number of piperazine rings is 1. The highest BCUT2D eigenvalue weighted by atomic mass is 79.9. The Labute approximate surface area is 182 Å². The van der Waals surface area contributed by atoms with Gasteiger partial charge in [-0.15, -0.1) is 11.3 Å². The van der Waals surface area contributed by atoms with Crippen LogP contribution in [0.2, 0.25) is 0 Å². The van der Waals surface area contributed by atoms with Crippen molar-refractivity contribution in [2.24, 2.45) is 0 Å². The highest BCUT2D eigenvalue weighted by Gasteiger charge is 2.24. The van der Waals surface area contributed by atoms with E-state index in [9.17, 15) is 4.79 Å². The van der Waals surface area contributed by atoms with Crippen molar-refractivity contribution in [3.05, 3.63) is 68.7 Å². The molecule has 1 saturated heterocycles. The molecule has 1 fully saturated rings. The molecule has 0 N–H and O–H groups in total. The SMILES string of the molecule is Cc1ccc(OCc2nc(C(=O)N3CCN(c4ccc(Br)cn4)CC3)cs2)cc1. The normalized spacial score (nSPS) is 14.1. The molecule has 0 bridgehead atoms. The highest BCUT2D eigenvalue weighted by molar-refractivity contribution is 9.10. The van der Waals surface area contributed by atoms with E-state index in [4.69, 9.17) is 4.74 Å². The largest absolute Gasteiger partial charge is 0.486 e. The van der Waals surface area contributed by atoms with Crippen molar-refractivity contribution in [3.63, 3.8) is 0 Å². The molecule has 8 heteroatoms. The maximum atomic E-state index is 12.8. The zero-order valence-corrected chi connectivity index (χ0v) is 18.4. The third-order valence-electron chi connectivity index (χ3n) is 4.76. The molecular formula is C21H21BrN4O2S. The van der Waals surface area contributed by atoms with Crippen LogP contribution in [-0.4, -0.2) is 47.0 Å². The number of halogens is 1. The van der Waals surface area contributed by atoms with Crippen LogP contribution in [0.1, 0.15) is 21.1 Å². The van der Waals surface area contributed by atoms with E-state index in [0.29, 0.717) is 25.4 Å². The second-order valence-corrected chi connectivity index (χ2v) is 8.70. The summed E-state index contributed by atoms with van der Waals surface area (Å²) >= 11 is 4.86. The molecule has 1 aliphatic rings. The summed E-state index contributed by atoms with van der Waals surface area (Å²) in [5.41, 5.74) is 1.68. The molecule has 150 valence electrons. The van der Waals surface area contributed by atoms with Gasteiger partial charge in [-0.2, -0.15) is 0 Å². The Morgan fingerprint density at radius 1 is 1.14 bits per heavy atom. The van der Waals surface area contributed by atoms with E-state index in [1.165, 1.54) is 16.9 Å². The fourth-order valence-electron chi connectivity index (χ4n) is 3.11. The molecule has 0 atom stereocenters. The molecular weight excluding hydrogens is 452 g/mol. The smallest absolute Gasteiger partial charge is 0.273 e. The average Bonchev–Trinajstić information content (AvgIpc) is 3.23. The number of carbonyl (C=O) groups is 1. The predicted octanol–water partition coefficient (Wildman–Crippen LogP) is 4.15. The van der Waals surface area contributed by atoms with Crippen LogP contribution >= 0.6 is 27.3 Å². The highest BCUT2D eigenvalue weighted by Crippen LogP contribution is 2.19. The van der Waals surface area contributed by atoms with E-state index in [1.807, 2.05) is 53.6 Å². The van der Waals surface area contributed by atoms with E-state index in [0.717, 1.165) is 34.1 Å². The molecule has 1 aromatic carbocycles. The van der Waals surface area contributed by atoms with Gasteiger partial charge < -0.3 is 14.5 Å². The summed E-state index contributed by atoms with van der Waals surface area (Å²) in [5, 5.41) is 2.62. The van der Waals surface area contributed by atoms with E-state index in [1.54, 1.807) is 6.20 Å². The van der Waals surface area contributed by atoms with Crippen LogP contribution in [-0.2, 0) is 6.61 Å². The molecule has 1 aliphatic heterocycles. The topological polar surface area (TPSA) is 58.6 Å². The second-order valence-electron chi connectivity index (χ2n) is 6.84. The predicted molar refractivity (Wildman–Crippen MR) is 118 cm³/mol. The van der Waals surface area contributed by atoms with Crippen molar-refractivity contribution >= 4 is 39.0 Å². The molecule has 0 spiro atoms. The number of benzene rings is 1. The lowest BCUT2D eigenvalue weighted by Crippen LogP contribution is -2.49. The van der Waals surface area contributed by atoms with Gasteiger partial charge in [-0.05, 0) is 47.1 Å². The number of anilines is 1. The van der Waals surface area contributed by atoms with Gasteiger partial charge in [0.1, 0.15) is 28.9 Å². The lowest BCUT2D eigenvalue weighted by molar-refractivity contribution is 0.0741. The summed E-state index contributed by atoms with van der Waals surface area (Å²) in [4.78, 5) is 25.8. The number of hydrogen-bond acceptors (Lipinski definition) is 6. The number of aryl methyl sites for hydroxylation is 1. The summed E-state index contributed by atoms with van der Waals surface area (Å²) in [7, 11) is 0. The molecule has 6 nitrogen and oxygen atoms in total. The molecule has 3 heterocycles. The van der Waals surface area contributed by atoms with Crippen LogP contribution in [0.15, 0.2) is 52.4 Å². The van der Waals surface area contributed by atoms with Gasteiger partial charge in [-0.25, -0.2) is 9.97 Å². The van der Waals surface area contributed by atoms with Crippen LogP contribution in [0.25, 0.3) is 0 Å². The Bertz CT molecular complexity index is 967. The van der Waals surface area contributed by atoms with Gasteiger partial charge in [0.2, 0.25) is 0 Å². The minimum Gasteiger partial charge on any atom is -0.486 e. The lowest BCUT2D eigenvalue weighted by Gasteiger charge is -2.35. The van der Waals surface area contributed by atoms with Crippen molar-refractivity contribution in [1.29, 1.82) is 0 Å². The standard InChI is InChI=1S/C21H21BrN4O2S/c1-15-2-5-17(6-3-15)28-13-20-24-18(14-29-20)21(27)26-10-8-25(9-11-26)19-7-4-16(22)12-23-19/h2-7,12,14H,8-11,13H2,1H3. The van der Waals surface area contributed by atoms with Crippen molar-refractivity contribution in [1.82, 2.24) is 14.9 Å². The van der Waals surface area contributed by atoms with E-state index in [-0.39, 0.29) is 5.91 Å². The van der Waals surface area contributed by atoms with Gasteiger partial charge in [-0.3, -0.25) is 4.79 Å². The molecule has 3 aromatic rings. The Hall–Kier alpha value is -2.45. The second kappa shape index (κ2) is 8.92. The fraction of sp³-hybridized carbons (Fsp3) is 0.286. The first-order valence-corrected chi connectivity index (χ1v) is 11.1. The minimum atomic E-state index is -0.0220. The summed E-state index contributed by atoms with van der Waals surface area (Å²) in [6.45, 7) is 5.23. The summed E-state index contributed by atoms with van der Waals surface area (Å²) in [6.07, 6.45) is 1.79. The van der Waals surface area contributed by atoms with Crippen molar-refractivity contribution in [3.8, 4) is 5.75 Å². The van der Waals surface area contributed by atoms with Crippen LogP contribution < -0.4 is 9.64 Å². The number of nitrogens with zero attached hydrogens (tertiary/aromatic N) is 4. The molecule has 0 aliphatic carbocycles. The molecule has 29 heavy (non-hydrogen) atoms. The molecule has 2 aromatic heterocycles. The van der Waals surface area contributed by atoms with Crippen LogP contribution in [0.3, 0.4) is 0 Å². The molecule has 1 amide bonds. The van der Waals surface area contributed by atoms with Gasteiger partial charge in [0.05, 0.1) is 0 Å². The van der Waals surface area contributed by atoms with Gasteiger partial charge in [-0.1, -0.05) is 17.7 Å². The average molecular weight is 473 g/mol. The number of rotatable bonds is 5. The lowest BCUT2D eigenvalue weighted by atomic mass is 10.2. The number of amides is 1. The number of ether oxygens (including phenoxy) is 1. The Morgan fingerprint density at radius 3 is 2.59 bits per heavy atom. The van der Waals surface area contributed by atoms with Crippen LogP contribution in [0.5, 0.6) is 5.75 Å². The zero-order valence-electron chi connectivity index (χ0n) is 16.0. The van der Waals surface area contributed by atoms with Gasteiger partial charge in [0.25, 0.3) is 5.91 Å². The van der Waals surface area contributed by atoms with Crippen molar-refractivity contribution in [2.75, 3.05) is 31.1 Å². The maximum Gasteiger partial charge on any atom is 0.273 e. The van der Waals surface area contributed by atoms with E-state index < -0.39 is 0 Å². The first-order chi connectivity index (χ1) is 14.1. The molecule has 0 radical (unpaired) electrons. The summed E-state index contributed by atoms with van der Waals surface area (Å²) < 4.78 is 6.72. The van der Waals surface area contributed by atoms with Gasteiger partial charge in [0.15, 0.2) is 0 Å². The quantitative estimate of drug-likeness (QED) is 0.558. The third-order valence-corrected chi connectivity index (χ3v) is 6.05. The monoisotopic (exact) mass is 472 g/mol. The Balaban J connectivity index is 1.31. The van der Waals surface area contributed by atoms with Crippen molar-refractivity contribution in [2.45, 2.75) is 13.5 Å². The maximum absolute atomic E-state index is 12.8. The van der Waals surface area contributed by atoms with Crippen LogP contribution in [0.4, 0.5) is 5.82 Å².